The number of amides is 2. The Morgan fingerprint density at radius 2 is 1.73 bits per heavy atom. The van der Waals surface area contributed by atoms with Crippen molar-refractivity contribution in [2.45, 2.75) is 45.6 Å². The van der Waals surface area contributed by atoms with Crippen LogP contribution < -0.4 is 15.4 Å². The fourth-order valence-corrected chi connectivity index (χ4v) is 3.26. The van der Waals surface area contributed by atoms with E-state index in [1.807, 2.05) is 36.4 Å². The summed E-state index contributed by atoms with van der Waals surface area (Å²) in [5.74, 6) is 0.503. The third-order valence-corrected chi connectivity index (χ3v) is 5.19. The number of hydrogen-bond acceptors (Lipinski definition) is 4. The number of pyridine rings is 1. The van der Waals surface area contributed by atoms with Gasteiger partial charge in [0, 0.05) is 31.0 Å². The van der Waals surface area contributed by atoms with Gasteiger partial charge in [-0.3, -0.25) is 14.6 Å². The lowest BCUT2D eigenvalue weighted by atomic mass is 9.87. The third-order valence-electron chi connectivity index (χ3n) is 5.19. The van der Waals surface area contributed by atoms with Crippen molar-refractivity contribution in [3.8, 4) is 5.75 Å². The lowest BCUT2D eigenvalue weighted by molar-refractivity contribution is -0.116. The van der Waals surface area contributed by atoms with Crippen LogP contribution in [-0.4, -0.2) is 23.4 Å². The lowest BCUT2D eigenvalue weighted by Crippen LogP contribution is -2.24. The van der Waals surface area contributed by atoms with Gasteiger partial charge in [0.1, 0.15) is 5.75 Å². The molecule has 0 bridgehead atoms. The maximum absolute atomic E-state index is 12.4. The van der Waals surface area contributed by atoms with Crippen LogP contribution >= 0.6 is 0 Å². The molecule has 2 N–H and O–H groups in total. The molecule has 3 aromatic rings. The van der Waals surface area contributed by atoms with Crippen LogP contribution in [0.5, 0.6) is 5.75 Å². The summed E-state index contributed by atoms with van der Waals surface area (Å²) >= 11 is 0. The van der Waals surface area contributed by atoms with Crippen molar-refractivity contribution < 1.29 is 14.3 Å². The van der Waals surface area contributed by atoms with Gasteiger partial charge in [0.2, 0.25) is 5.91 Å². The SMILES string of the molecule is CC(C)(C)c1ccc(OCCCC(=O)Nc2ccccc2CNC(=O)c2cccnc2)cc1. The van der Waals surface area contributed by atoms with Gasteiger partial charge < -0.3 is 15.4 Å². The number of para-hydroxylation sites is 1. The lowest BCUT2D eigenvalue weighted by Gasteiger charge is -2.19. The number of ether oxygens (including phenoxy) is 1. The van der Waals surface area contributed by atoms with E-state index in [2.05, 4.69) is 48.5 Å². The quantitative estimate of drug-likeness (QED) is 0.449. The number of nitrogens with zero attached hydrogens (tertiary/aromatic N) is 1. The summed E-state index contributed by atoms with van der Waals surface area (Å²) in [6.07, 6.45) is 4.09. The molecule has 0 fully saturated rings. The monoisotopic (exact) mass is 445 g/mol. The van der Waals surface area contributed by atoms with E-state index >= 15 is 0 Å². The summed E-state index contributed by atoms with van der Waals surface area (Å²) in [5, 5.41) is 5.80. The van der Waals surface area contributed by atoms with Crippen LogP contribution in [-0.2, 0) is 16.8 Å². The predicted octanol–water partition coefficient (Wildman–Crippen LogP) is 5.11. The van der Waals surface area contributed by atoms with E-state index in [-0.39, 0.29) is 17.2 Å². The fraction of sp³-hybridized carbons (Fsp3) is 0.296. The Balaban J connectivity index is 1.44. The third kappa shape index (κ3) is 7.45. The summed E-state index contributed by atoms with van der Waals surface area (Å²) in [4.78, 5) is 28.6. The number of rotatable bonds is 9. The van der Waals surface area contributed by atoms with Crippen molar-refractivity contribution in [1.29, 1.82) is 0 Å². The van der Waals surface area contributed by atoms with Gasteiger partial charge in [0.25, 0.3) is 5.91 Å². The minimum Gasteiger partial charge on any atom is -0.494 e. The highest BCUT2D eigenvalue weighted by Gasteiger charge is 2.13. The van der Waals surface area contributed by atoms with Gasteiger partial charge in [-0.25, -0.2) is 0 Å². The van der Waals surface area contributed by atoms with Gasteiger partial charge in [-0.15, -0.1) is 0 Å². The molecule has 0 radical (unpaired) electrons. The Kier molecular flexibility index (Phi) is 8.19. The normalized spacial score (nSPS) is 11.0. The molecule has 0 spiro atoms. The summed E-state index contributed by atoms with van der Waals surface area (Å²) in [6.45, 7) is 7.29. The number of carbonyl (C=O) groups is 2. The Hall–Kier alpha value is -3.67. The predicted molar refractivity (Wildman–Crippen MR) is 130 cm³/mol. The molecule has 0 aliphatic carbocycles. The summed E-state index contributed by atoms with van der Waals surface area (Å²) in [6, 6.07) is 18.9. The molecule has 6 heteroatoms. The number of hydrogen-bond donors (Lipinski definition) is 2. The average molecular weight is 446 g/mol. The van der Waals surface area contributed by atoms with Crippen LogP contribution in [0, 0.1) is 0 Å². The molecule has 2 aromatic carbocycles. The molecule has 0 aliphatic rings. The highest BCUT2D eigenvalue weighted by atomic mass is 16.5. The van der Waals surface area contributed by atoms with Gasteiger partial charge in [-0.1, -0.05) is 51.1 Å². The molecular weight excluding hydrogens is 414 g/mol. The zero-order valence-electron chi connectivity index (χ0n) is 19.4. The standard InChI is InChI=1S/C27H31N3O3/c1-27(2,3)22-12-14-23(15-13-22)33-17-7-11-25(31)30-24-10-5-4-8-20(24)19-29-26(32)21-9-6-16-28-18-21/h4-6,8-10,12-16,18H,7,11,17,19H2,1-3H3,(H,29,32)(H,30,31). The van der Waals surface area contributed by atoms with Crippen LogP contribution in [0.4, 0.5) is 5.69 Å². The van der Waals surface area contributed by atoms with Gasteiger partial charge in [-0.2, -0.15) is 0 Å². The molecule has 6 nitrogen and oxygen atoms in total. The Morgan fingerprint density at radius 1 is 0.970 bits per heavy atom. The van der Waals surface area contributed by atoms with Crippen molar-refractivity contribution in [3.63, 3.8) is 0 Å². The van der Waals surface area contributed by atoms with Crippen molar-refractivity contribution in [2.75, 3.05) is 11.9 Å². The molecule has 33 heavy (non-hydrogen) atoms. The van der Waals surface area contributed by atoms with Crippen molar-refractivity contribution in [1.82, 2.24) is 10.3 Å². The van der Waals surface area contributed by atoms with Crippen LogP contribution in [0.25, 0.3) is 0 Å². The van der Waals surface area contributed by atoms with Gasteiger partial charge in [0.15, 0.2) is 0 Å². The summed E-state index contributed by atoms with van der Waals surface area (Å²) < 4.78 is 5.77. The summed E-state index contributed by atoms with van der Waals surface area (Å²) in [7, 11) is 0. The van der Waals surface area contributed by atoms with E-state index < -0.39 is 0 Å². The van der Waals surface area contributed by atoms with Crippen LogP contribution in [0.2, 0.25) is 0 Å². The van der Waals surface area contributed by atoms with E-state index in [9.17, 15) is 9.59 Å². The maximum Gasteiger partial charge on any atom is 0.253 e. The van der Waals surface area contributed by atoms with Crippen LogP contribution in [0.15, 0.2) is 73.1 Å². The van der Waals surface area contributed by atoms with Gasteiger partial charge in [-0.05, 0) is 53.3 Å². The number of aromatic nitrogens is 1. The van der Waals surface area contributed by atoms with E-state index in [4.69, 9.17) is 4.74 Å². The number of nitrogens with one attached hydrogen (secondary N) is 2. The first kappa shape index (κ1) is 24.0. The molecule has 2 amide bonds. The second-order valence-electron chi connectivity index (χ2n) is 8.86. The van der Waals surface area contributed by atoms with Crippen molar-refractivity contribution in [2.24, 2.45) is 0 Å². The first-order chi connectivity index (χ1) is 15.8. The number of anilines is 1. The van der Waals surface area contributed by atoms with Crippen molar-refractivity contribution in [3.05, 3.63) is 89.7 Å². The zero-order valence-corrected chi connectivity index (χ0v) is 19.4. The highest BCUT2D eigenvalue weighted by Crippen LogP contribution is 2.24. The molecule has 1 aromatic heterocycles. The smallest absolute Gasteiger partial charge is 0.253 e. The van der Waals surface area contributed by atoms with Gasteiger partial charge in [0.05, 0.1) is 12.2 Å². The minimum absolute atomic E-state index is 0.0901. The zero-order chi connectivity index (χ0) is 23.7. The highest BCUT2D eigenvalue weighted by molar-refractivity contribution is 5.94. The van der Waals surface area contributed by atoms with Crippen molar-refractivity contribution >= 4 is 17.5 Å². The largest absolute Gasteiger partial charge is 0.494 e. The average Bonchev–Trinajstić information content (AvgIpc) is 2.81. The fourth-order valence-electron chi connectivity index (χ4n) is 3.26. The topological polar surface area (TPSA) is 80.3 Å². The first-order valence-corrected chi connectivity index (χ1v) is 11.1. The molecule has 1 heterocycles. The molecule has 3 rings (SSSR count). The molecule has 0 unspecified atom stereocenters. The molecule has 172 valence electrons. The Morgan fingerprint density at radius 3 is 2.42 bits per heavy atom. The first-order valence-electron chi connectivity index (χ1n) is 11.1. The van der Waals surface area contributed by atoms with E-state index in [0.29, 0.717) is 37.2 Å². The number of benzene rings is 2. The molecule has 0 atom stereocenters. The Labute approximate surface area is 195 Å². The second-order valence-corrected chi connectivity index (χ2v) is 8.86. The van der Waals surface area contributed by atoms with E-state index in [1.54, 1.807) is 18.3 Å². The maximum atomic E-state index is 12.4. The molecule has 0 aliphatic heterocycles. The summed E-state index contributed by atoms with van der Waals surface area (Å²) in [5.41, 5.74) is 3.37. The van der Waals surface area contributed by atoms with E-state index in [0.717, 1.165) is 11.3 Å². The molecule has 0 saturated heterocycles. The van der Waals surface area contributed by atoms with E-state index in [1.165, 1.54) is 11.8 Å². The van der Waals surface area contributed by atoms with Crippen LogP contribution in [0.3, 0.4) is 0 Å². The molecular formula is C27H31N3O3. The Bertz CT molecular complexity index is 1060. The number of carbonyl (C=O) groups excluding carboxylic acids is 2. The second kappa shape index (κ2) is 11.3. The van der Waals surface area contributed by atoms with Gasteiger partial charge >= 0.3 is 0 Å². The molecule has 0 saturated carbocycles. The van der Waals surface area contributed by atoms with Crippen LogP contribution in [0.1, 0.15) is 55.1 Å². The minimum atomic E-state index is -0.211.